The molecule has 0 saturated heterocycles. The molecule has 0 aliphatic carbocycles. The summed E-state index contributed by atoms with van der Waals surface area (Å²) in [4.78, 5) is 38.1. The van der Waals surface area contributed by atoms with E-state index in [0.29, 0.717) is 26.1 Å². The number of fused-ring (bicyclic) bond motifs is 1. The number of para-hydroxylation sites is 1. The van der Waals surface area contributed by atoms with Gasteiger partial charge in [0.1, 0.15) is 12.4 Å². The van der Waals surface area contributed by atoms with Gasteiger partial charge in [-0.1, -0.05) is 31.5 Å². The van der Waals surface area contributed by atoms with Crippen molar-refractivity contribution in [2.75, 3.05) is 39.8 Å². The monoisotopic (exact) mass is 404 g/mol. The van der Waals surface area contributed by atoms with E-state index in [2.05, 4.69) is 16.0 Å². The van der Waals surface area contributed by atoms with E-state index in [-0.39, 0.29) is 36.9 Å². The number of hydrogen-bond donors (Lipinski definition) is 3. The van der Waals surface area contributed by atoms with Crippen molar-refractivity contribution >= 4 is 17.7 Å². The predicted octanol–water partition coefficient (Wildman–Crippen LogP) is 0.461. The minimum absolute atomic E-state index is 0.0854. The maximum absolute atomic E-state index is 12.7. The Labute approximate surface area is 172 Å². The van der Waals surface area contributed by atoms with Crippen LogP contribution in [0.1, 0.15) is 31.7 Å². The number of carbonyl (C=O) groups excluding carboxylic acids is 3. The molecular formula is C21H32N4O4. The number of hydrogen-bond acceptors (Lipinski definition) is 5. The predicted molar refractivity (Wildman–Crippen MR) is 111 cm³/mol. The van der Waals surface area contributed by atoms with Gasteiger partial charge in [-0.2, -0.15) is 0 Å². The fourth-order valence-electron chi connectivity index (χ4n) is 3.21. The molecule has 1 aliphatic heterocycles. The van der Waals surface area contributed by atoms with Gasteiger partial charge in [0.05, 0.1) is 19.1 Å². The summed E-state index contributed by atoms with van der Waals surface area (Å²) in [6.45, 7) is 3.31. The second kappa shape index (κ2) is 12.1. The number of carbonyl (C=O) groups is 3. The first-order valence-electron chi connectivity index (χ1n) is 10.2. The third-order valence-electron chi connectivity index (χ3n) is 4.75. The van der Waals surface area contributed by atoms with Crippen molar-refractivity contribution in [3.05, 3.63) is 29.8 Å². The zero-order valence-electron chi connectivity index (χ0n) is 17.3. The first kappa shape index (κ1) is 22.7. The average Bonchev–Trinajstić information content (AvgIpc) is 2.71. The van der Waals surface area contributed by atoms with Crippen LogP contribution in [0.2, 0.25) is 0 Å². The number of amides is 3. The maximum Gasteiger partial charge on any atom is 0.240 e. The van der Waals surface area contributed by atoms with Crippen LogP contribution in [0.5, 0.6) is 5.75 Å². The Bertz CT molecular complexity index is 695. The second-order valence-electron chi connectivity index (χ2n) is 7.18. The molecule has 2 rings (SSSR count). The standard InChI is InChI=1S/C21H32N4O4/c1-3-7-17-21(28)25(2)15-20(27)24-14-19(26)23-11-6-9-16-8-4-5-10-18(16)29-13-12-22-17/h4-5,8,10,17,22H,3,6-7,9,11-15H2,1-2H3,(H,23,26)(H,24,27). The van der Waals surface area contributed by atoms with Crippen LogP contribution in [0.25, 0.3) is 0 Å². The molecule has 3 N–H and O–H groups in total. The molecule has 1 unspecified atom stereocenters. The van der Waals surface area contributed by atoms with Crippen LogP contribution in [0.15, 0.2) is 24.3 Å². The van der Waals surface area contributed by atoms with E-state index in [1.165, 1.54) is 4.90 Å². The van der Waals surface area contributed by atoms with E-state index in [0.717, 1.165) is 30.6 Å². The molecular weight excluding hydrogens is 372 g/mol. The number of aryl methyl sites for hydroxylation is 1. The van der Waals surface area contributed by atoms with Crippen molar-refractivity contribution in [1.29, 1.82) is 0 Å². The summed E-state index contributed by atoms with van der Waals surface area (Å²) in [5.41, 5.74) is 1.08. The van der Waals surface area contributed by atoms with Crippen LogP contribution >= 0.6 is 0 Å². The largest absolute Gasteiger partial charge is 0.492 e. The summed E-state index contributed by atoms with van der Waals surface area (Å²) in [5, 5.41) is 8.61. The van der Waals surface area contributed by atoms with Crippen molar-refractivity contribution in [2.24, 2.45) is 0 Å². The van der Waals surface area contributed by atoms with Crippen molar-refractivity contribution in [3.63, 3.8) is 0 Å². The molecule has 8 heteroatoms. The lowest BCUT2D eigenvalue weighted by molar-refractivity contribution is -0.136. The molecule has 0 radical (unpaired) electrons. The Kier molecular flexibility index (Phi) is 9.43. The van der Waals surface area contributed by atoms with Gasteiger partial charge in [-0.15, -0.1) is 0 Å². The van der Waals surface area contributed by atoms with Gasteiger partial charge in [-0.3, -0.25) is 14.4 Å². The first-order valence-corrected chi connectivity index (χ1v) is 10.2. The van der Waals surface area contributed by atoms with Crippen molar-refractivity contribution in [3.8, 4) is 5.75 Å². The van der Waals surface area contributed by atoms with Gasteiger partial charge in [0, 0.05) is 20.1 Å². The zero-order valence-corrected chi connectivity index (χ0v) is 17.3. The minimum atomic E-state index is -0.376. The van der Waals surface area contributed by atoms with Gasteiger partial charge in [0.2, 0.25) is 17.7 Å². The topological polar surface area (TPSA) is 99.8 Å². The van der Waals surface area contributed by atoms with E-state index in [9.17, 15) is 14.4 Å². The van der Waals surface area contributed by atoms with E-state index in [1.54, 1.807) is 7.05 Å². The molecule has 0 fully saturated rings. The molecule has 1 aromatic rings. The van der Waals surface area contributed by atoms with Crippen molar-refractivity contribution < 1.29 is 19.1 Å². The number of nitrogens with one attached hydrogen (secondary N) is 3. The molecule has 0 spiro atoms. The van der Waals surface area contributed by atoms with E-state index >= 15 is 0 Å². The van der Waals surface area contributed by atoms with Crippen LogP contribution < -0.4 is 20.7 Å². The Morgan fingerprint density at radius 1 is 1.10 bits per heavy atom. The number of likely N-dealkylation sites (N-methyl/N-ethyl adjacent to an activating group) is 1. The van der Waals surface area contributed by atoms with Crippen molar-refractivity contribution in [2.45, 2.75) is 38.6 Å². The van der Waals surface area contributed by atoms with E-state index < -0.39 is 0 Å². The highest BCUT2D eigenvalue weighted by atomic mass is 16.5. The van der Waals surface area contributed by atoms with Gasteiger partial charge in [-0.25, -0.2) is 0 Å². The Morgan fingerprint density at radius 3 is 2.69 bits per heavy atom. The quantitative estimate of drug-likeness (QED) is 0.665. The average molecular weight is 405 g/mol. The molecule has 0 saturated carbocycles. The molecule has 1 heterocycles. The third kappa shape index (κ3) is 7.73. The summed E-state index contributed by atoms with van der Waals surface area (Å²) in [7, 11) is 1.59. The summed E-state index contributed by atoms with van der Waals surface area (Å²) in [6, 6.07) is 7.47. The van der Waals surface area contributed by atoms with Gasteiger partial charge < -0.3 is 25.6 Å². The molecule has 0 bridgehead atoms. The van der Waals surface area contributed by atoms with Crippen LogP contribution in [0, 0.1) is 0 Å². The molecule has 29 heavy (non-hydrogen) atoms. The van der Waals surface area contributed by atoms with E-state index in [4.69, 9.17) is 4.74 Å². The van der Waals surface area contributed by atoms with Crippen LogP contribution in [0.4, 0.5) is 0 Å². The Hall–Kier alpha value is -2.61. The van der Waals surface area contributed by atoms with E-state index in [1.807, 2.05) is 31.2 Å². The highest BCUT2D eigenvalue weighted by Crippen LogP contribution is 2.19. The lowest BCUT2D eigenvalue weighted by Crippen LogP contribution is -2.49. The van der Waals surface area contributed by atoms with Gasteiger partial charge in [0.25, 0.3) is 0 Å². The number of rotatable bonds is 2. The third-order valence-corrected chi connectivity index (χ3v) is 4.75. The van der Waals surface area contributed by atoms with Crippen LogP contribution in [0.3, 0.4) is 0 Å². The Balaban J connectivity index is 2.07. The lowest BCUT2D eigenvalue weighted by Gasteiger charge is -2.24. The maximum atomic E-state index is 12.7. The molecule has 8 nitrogen and oxygen atoms in total. The molecule has 1 aromatic carbocycles. The molecule has 1 atom stereocenters. The summed E-state index contributed by atoms with van der Waals surface area (Å²) >= 11 is 0. The van der Waals surface area contributed by atoms with Gasteiger partial charge in [0.15, 0.2) is 0 Å². The number of benzene rings is 1. The number of ether oxygens (including phenoxy) is 1. The summed E-state index contributed by atoms with van der Waals surface area (Å²) in [5.74, 6) is 0.0746. The highest BCUT2D eigenvalue weighted by Gasteiger charge is 2.22. The molecule has 3 amide bonds. The normalized spacial score (nSPS) is 20.6. The van der Waals surface area contributed by atoms with Gasteiger partial charge >= 0.3 is 0 Å². The lowest BCUT2D eigenvalue weighted by atomic mass is 10.1. The first-order chi connectivity index (χ1) is 14.0. The fraction of sp³-hybridized carbons (Fsp3) is 0.571. The number of nitrogens with zero attached hydrogens (tertiary/aromatic N) is 1. The fourth-order valence-corrected chi connectivity index (χ4v) is 3.21. The molecule has 1 aliphatic rings. The summed E-state index contributed by atoms with van der Waals surface area (Å²) in [6.07, 6.45) is 3.06. The SMILES string of the molecule is CCCC1NCCOc2ccccc2CCCNC(=O)CNC(=O)CN(C)C1=O. The van der Waals surface area contributed by atoms with Crippen LogP contribution in [-0.2, 0) is 20.8 Å². The second-order valence-corrected chi connectivity index (χ2v) is 7.18. The minimum Gasteiger partial charge on any atom is -0.492 e. The van der Waals surface area contributed by atoms with Crippen LogP contribution in [-0.4, -0.2) is 68.5 Å². The van der Waals surface area contributed by atoms with Crippen molar-refractivity contribution in [1.82, 2.24) is 20.9 Å². The highest BCUT2D eigenvalue weighted by molar-refractivity contribution is 5.89. The Morgan fingerprint density at radius 2 is 1.90 bits per heavy atom. The summed E-state index contributed by atoms with van der Waals surface area (Å²) < 4.78 is 5.92. The smallest absolute Gasteiger partial charge is 0.240 e. The molecule has 0 aromatic heterocycles. The van der Waals surface area contributed by atoms with Gasteiger partial charge in [-0.05, 0) is 30.9 Å². The molecule has 160 valence electrons. The zero-order chi connectivity index (χ0) is 21.1.